The fourth-order valence-electron chi connectivity index (χ4n) is 1.96. The van der Waals surface area contributed by atoms with Crippen LogP contribution in [0.1, 0.15) is 30.4 Å². The topological polar surface area (TPSA) is 35.6 Å². The Kier molecular flexibility index (Phi) is 3.52. The van der Waals surface area contributed by atoms with Crippen LogP contribution in [0.15, 0.2) is 12.4 Å². The van der Waals surface area contributed by atoms with Crippen LogP contribution in [0.2, 0.25) is 5.15 Å². The number of halogens is 1. The smallest absolute Gasteiger partial charge is 0.131 e. The van der Waals surface area contributed by atoms with E-state index in [9.17, 15) is 0 Å². The van der Waals surface area contributed by atoms with Crippen LogP contribution in [0.3, 0.4) is 0 Å². The fraction of sp³-hybridized carbons (Fsp3) is 0.500. The van der Waals surface area contributed by atoms with Gasteiger partial charge in [-0.05, 0) is 13.3 Å². The molecule has 5 heteroatoms. The van der Waals surface area contributed by atoms with Crippen LogP contribution >= 0.6 is 11.6 Å². The molecule has 0 amide bonds. The third-order valence-corrected chi connectivity index (χ3v) is 3.35. The zero-order valence-electron chi connectivity index (χ0n) is 10.4. The zero-order chi connectivity index (χ0) is 12.4. The maximum atomic E-state index is 6.23. The minimum absolute atomic E-state index is 0.707. The second kappa shape index (κ2) is 4.92. The van der Waals surface area contributed by atoms with Crippen LogP contribution in [-0.4, -0.2) is 19.3 Å². The lowest BCUT2D eigenvalue weighted by Gasteiger charge is -2.06. The highest BCUT2D eigenvalue weighted by Gasteiger charge is 2.12. The summed E-state index contributed by atoms with van der Waals surface area (Å²) in [5, 5.41) is 5.02. The summed E-state index contributed by atoms with van der Waals surface area (Å²) in [6.07, 6.45) is 5.92. The summed E-state index contributed by atoms with van der Waals surface area (Å²) in [6, 6.07) is 0. The van der Waals surface area contributed by atoms with Crippen molar-refractivity contribution >= 4 is 11.6 Å². The van der Waals surface area contributed by atoms with Crippen LogP contribution < -0.4 is 0 Å². The van der Waals surface area contributed by atoms with Crippen molar-refractivity contribution in [2.24, 2.45) is 7.05 Å². The number of rotatable bonds is 4. The summed E-state index contributed by atoms with van der Waals surface area (Å²) in [5.41, 5.74) is 2.05. The van der Waals surface area contributed by atoms with Gasteiger partial charge in [0.2, 0.25) is 0 Å². The van der Waals surface area contributed by atoms with Gasteiger partial charge in [-0.2, -0.15) is 5.10 Å². The maximum absolute atomic E-state index is 6.23. The lowest BCUT2D eigenvalue weighted by molar-refractivity contribution is 0.702. The van der Waals surface area contributed by atoms with Crippen molar-refractivity contribution < 1.29 is 0 Å². The number of aromatic nitrogens is 4. The first-order valence-electron chi connectivity index (χ1n) is 5.81. The normalized spacial score (nSPS) is 11.1. The summed E-state index contributed by atoms with van der Waals surface area (Å²) in [7, 11) is 1.86. The maximum Gasteiger partial charge on any atom is 0.131 e. The summed E-state index contributed by atoms with van der Waals surface area (Å²) >= 11 is 6.23. The first-order chi connectivity index (χ1) is 8.13. The molecule has 17 heavy (non-hydrogen) atoms. The Morgan fingerprint density at radius 2 is 2.18 bits per heavy atom. The highest BCUT2D eigenvalue weighted by molar-refractivity contribution is 6.30. The molecule has 0 aliphatic heterocycles. The van der Waals surface area contributed by atoms with Crippen molar-refractivity contribution in [3.63, 3.8) is 0 Å². The summed E-state index contributed by atoms with van der Waals surface area (Å²) in [5.74, 6) is 1.10. The second-order valence-electron chi connectivity index (χ2n) is 4.20. The van der Waals surface area contributed by atoms with Crippen molar-refractivity contribution in [1.82, 2.24) is 19.3 Å². The second-order valence-corrected chi connectivity index (χ2v) is 4.56. The van der Waals surface area contributed by atoms with Crippen molar-refractivity contribution in [3.8, 4) is 0 Å². The molecule has 0 N–H and O–H groups in total. The minimum Gasteiger partial charge on any atom is -0.330 e. The fourth-order valence-corrected chi connectivity index (χ4v) is 2.19. The van der Waals surface area contributed by atoms with E-state index in [1.165, 1.54) is 0 Å². The molecule has 0 unspecified atom stereocenters. The first kappa shape index (κ1) is 12.2. The van der Waals surface area contributed by atoms with Gasteiger partial charge >= 0.3 is 0 Å². The Balaban J connectivity index is 2.28. The predicted octanol–water partition coefficient (Wildman–Crippen LogP) is 2.58. The standard InChI is InChI=1S/C12H17ClN4/c1-4-5-11-14-6-7-17(11)8-10-9(2)15-16(3)12(10)13/h6-7H,4-5,8H2,1-3H3. The molecule has 0 saturated heterocycles. The molecule has 0 aliphatic rings. The van der Waals surface area contributed by atoms with Crippen molar-refractivity contribution in [1.29, 1.82) is 0 Å². The third-order valence-electron chi connectivity index (χ3n) is 2.87. The Bertz CT molecular complexity index is 513. The van der Waals surface area contributed by atoms with Crippen molar-refractivity contribution in [2.75, 3.05) is 0 Å². The van der Waals surface area contributed by atoms with Gasteiger partial charge in [0.05, 0.1) is 12.2 Å². The molecule has 2 aromatic heterocycles. The highest BCUT2D eigenvalue weighted by Crippen LogP contribution is 2.20. The molecule has 2 rings (SSSR count). The molecule has 0 bridgehead atoms. The van der Waals surface area contributed by atoms with Crippen LogP contribution in [0.4, 0.5) is 0 Å². The number of hydrogen-bond acceptors (Lipinski definition) is 2. The Morgan fingerprint density at radius 1 is 1.41 bits per heavy atom. The van der Waals surface area contributed by atoms with Crippen molar-refractivity contribution in [3.05, 3.63) is 34.6 Å². The van der Waals surface area contributed by atoms with E-state index in [0.29, 0.717) is 5.15 Å². The molecular formula is C12H17ClN4. The van der Waals surface area contributed by atoms with Gasteiger partial charge < -0.3 is 4.57 Å². The van der Waals surface area contributed by atoms with E-state index >= 15 is 0 Å². The number of hydrogen-bond donors (Lipinski definition) is 0. The highest BCUT2D eigenvalue weighted by atomic mass is 35.5. The van der Waals surface area contributed by atoms with Crippen LogP contribution in [0.5, 0.6) is 0 Å². The quantitative estimate of drug-likeness (QED) is 0.839. The molecule has 0 radical (unpaired) electrons. The Hall–Kier alpha value is -1.29. The van der Waals surface area contributed by atoms with Gasteiger partial charge in [-0.3, -0.25) is 4.68 Å². The van der Waals surface area contributed by atoms with Gasteiger partial charge in [0.1, 0.15) is 11.0 Å². The zero-order valence-corrected chi connectivity index (χ0v) is 11.2. The lowest BCUT2D eigenvalue weighted by Crippen LogP contribution is -2.05. The van der Waals surface area contributed by atoms with E-state index in [0.717, 1.165) is 36.5 Å². The monoisotopic (exact) mass is 252 g/mol. The molecule has 0 saturated carbocycles. The van der Waals surface area contributed by atoms with Crippen molar-refractivity contribution in [2.45, 2.75) is 33.2 Å². The van der Waals surface area contributed by atoms with Gasteiger partial charge in [-0.1, -0.05) is 18.5 Å². The van der Waals surface area contributed by atoms with Gasteiger partial charge in [-0.25, -0.2) is 4.98 Å². The van der Waals surface area contributed by atoms with Gasteiger partial charge in [0.25, 0.3) is 0 Å². The average Bonchev–Trinajstić information content (AvgIpc) is 2.81. The molecule has 92 valence electrons. The molecule has 0 atom stereocenters. The Morgan fingerprint density at radius 3 is 2.76 bits per heavy atom. The predicted molar refractivity (Wildman–Crippen MR) is 68.3 cm³/mol. The van der Waals surface area contributed by atoms with Crippen LogP contribution in [0, 0.1) is 6.92 Å². The first-order valence-corrected chi connectivity index (χ1v) is 6.19. The summed E-state index contributed by atoms with van der Waals surface area (Å²) < 4.78 is 3.85. The molecule has 0 spiro atoms. The van der Waals surface area contributed by atoms with E-state index in [2.05, 4.69) is 21.6 Å². The van der Waals surface area contributed by atoms with E-state index in [1.807, 2.05) is 26.4 Å². The van der Waals surface area contributed by atoms with E-state index in [1.54, 1.807) is 4.68 Å². The molecule has 0 aliphatic carbocycles. The SMILES string of the molecule is CCCc1nccn1Cc1c(C)nn(C)c1Cl. The summed E-state index contributed by atoms with van der Waals surface area (Å²) in [4.78, 5) is 4.36. The molecule has 0 fully saturated rings. The molecule has 2 aromatic rings. The molecule has 4 nitrogen and oxygen atoms in total. The third kappa shape index (κ3) is 2.36. The summed E-state index contributed by atoms with van der Waals surface area (Å²) in [6.45, 7) is 4.88. The van der Waals surface area contributed by atoms with Gasteiger partial charge in [0.15, 0.2) is 0 Å². The average molecular weight is 253 g/mol. The number of nitrogens with zero attached hydrogens (tertiary/aromatic N) is 4. The van der Waals surface area contributed by atoms with E-state index < -0.39 is 0 Å². The van der Waals surface area contributed by atoms with Gasteiger partial charge in [0, 0.05) is 31.4 Å². The minimum atomic E-state index is 0.707. The lowest BCUT2D eigenvalue weighted by atomic mass is 10.2. The van der Waals surface area contributed by atoms with E-state index in [-0.39, 0.29) is 0 Å². The van der Waals surface area contributed by atoms with Crippen LogP contribution in [0.25, 0.3) is 0 Å². The number of aryl methyl sites for hydroxylation is 3. The molecule has 2 heterocycles. The van der Waals surface area contributed by atoms with E-state index in [4.69, 9.17) is 11.6 Å². The van der Waals surface area contributed by atoms with Gasteiger partial charge in [-0.15, -0.1) is 0 Å². The molecule has 0 aromatic carbocycles. The Labute approximate surface area is 106 Å². The largest absolute Gasteiger partial charge is 0.330 e. The number of imidazole rings is 1. The van der Waals surface area contributed by atoms with Crippen LogP contribution in [-0.2, 0) is 20.0 Å². The molecular weight excluding hydrogens is 236 g/mol.